The van der Waals surface area contributed by atoms with Gasteiger partial charge in [0.05, 0.1) is 36.1 Å². The first-order valence-electron chi connectivity index (χ1n) is 9.84. The number of urea groups is 1. The molecule has 0 aliphatic heterocycles. The molecule has 0 atom stereocenters. The molecule has 0 aliphatic rings. The van der Waals surface area contributed by atoms with Crippen LogP contribution in [-0.2, 0) is 0 Å². The van der Waals surface area contributed by atoms with Crippen LogP contribution in [-0.4, -0.2) is 41.7 Å². The third-order valence-corrected chi connectivity index (χ3v) is 4.55. The number of hydrogen-bond acceptors (Lipinski definition) is 8. The molecule has 11 heteroatoms. The third-order valence-electron chi connectivity index (χ3n) is 4.55. The quantitative estimate of drug-likeness (QED) is 0.285. The number of anilines is 1. The molecule has 0 fully saturated rings. The monoisotopic (exact) mass is 441 g/mol. The van der Waals surface area contributed by atoms with E-state index in [1.807, 2.05) is 6.92 Å². The van der Waals surface area contributed by atoms with Crippen LogP contribution in [0.5, 0.6) is 23.1 Å². The second-order valence-corrected chi connectivity index (χ2v) is 6.68. The Balaban J connectivity index is 1.89. The summed E-state index contributed by atoms with van der Waals surface area (Å²) in [6.45, 7) is 2.48. The number of nitrogens with zero attached hydrogens (tertiary/aromatic N) is 3. The van der Waals surface area contributed by atoms with Crippen LogP contribution < -0.4 is 24.8 Å². The minimum atomic E-state index is -0.597. The minimum absolute atomic E-state index is 0.0512. The zero-order chi connectivity index (χ0) is 23.1. The number of nitro groups is 1. The summed E-state index contributed by atoms with van der Waals surface area (Å²) in [6.07, 6.45) is 3.04. The Morgan fingerprint density at radius 1 is 1.12 bits per heavy atom. The van der Waals surface area contributed by atoms with Crippen LogP contribution >= 0.6 is 0 Å². The molecule has 3 rings (SSSR count). The Hall–Kier alpha value is -4.15. The molecule has 2 amide bonds. The van der Waals surface area contributed by atoms with E-state index in [2.05, 4.69) is 20.6 Å². The highest BCUT2D eigenvalue weighted by Crippen LogP contribution is 2.37. The number of aromatic nitrogens is 2. The Bertz CT molecular complexity index is 1140. The molecule has 0 saturated carbocycles. The number of benzene rings is 2. The van der Waals surface area contributed by atoms with Gasteiger partial charge >= 0.3 is 6.03 Å². The summed E-state index contributed by atoms with van der Waals surface area (Å²) < 4.78 is 16.4. The van der Waals surface area contributed by atoms with Gasteiger partial charge in [-0.2, -0.15) is 0 Å². The van der Waals surface area contributed by atoms with Gasteiger partial charge in [-0.05, 0) is 24.6 Å². The minimum Gasteiger partial charge on any atom is -0.493 e. The van der Waals surface area contributed by atoms with E-state index in [0.29, 0.717) is 28.9 Å². The van der Waals surface area contributed by atoms with Crippen molar-refractivity contribution < 1.29 is 23.9 Å². The highest BCUT2D eigenvalue weighted by molar-refractivity contribution is 5.92. The standard InChI is InChI=1S/C21H23N5O6/c1-4-5-8-22-21(27)25-15-7-6-13(9-17(15)26(28)29)32-20-14-10-18(30-2)19(31-3)11-16(14)23-12-24-20/h6-7,9-12H,4-5,8H2,1-3H3,(H2,22,25,27). The van der Waals surface area contributed by atoms with Crippen molar-refractivity contribution in [2.45, 2.75) is 19.8 Å². The Morgan fingerprint density at radius 2 is 1.88 bits per heavy atom. The summed E-state index contributed by atoms with van der Waals surface area (Å²) in [7, 11) is 3.02. The largest absolute Gasteiger partial charge is 0.493 e. The van der Waals surface area contributed by atoms with E-state index in [1.54, 1.807) is 12.1 Å². The normalized spacial score (nSPS) is 10.5. The van der Waals surface area contributed by atoms with Crippen molar-refractivity contribution in [1.29, 1.82) is 0 Å². The van der Waals surface area contributed by atoms with Gasteiger partial charge in [0.15, 0.2) is 11.5 Å². The highest BCUT2D eigenvalue weighted by atomic mass is 16.6. The van der Waals surface area contributed by atoms with Gasteiger partial charge in [-0.1, -0.05) is 13.3 Å². The van der Waals surface area contributed by atoms with Crippen LogP contribution in [0.2, 0.25) is 0 Å². The summed E-state index contributed by atoms with van der Waals surface area (Å²) in [6, 6.07) is 6.95. The second kappa shape index (κ2) is 10.2. The molecule has 3 aromatic rings. The molecule has 2 N–H and O–H groups in total. The lowest BCUT2D eigenvalue weighted by molar-refractivity contribution is -0.384. The summed E-state index contributed by atoms with van der Waals surface area (Å²) >= 11 is 0. The Kier molecular flexibility index (Phi) is 7.21. The van der Waals surface area contributed by atoms with Gasteiger partial charge in [0.1, 0.15) is 17.8 Å². The smallest absolute Gasteiger partial charge is 0.319 e. The maximum absolute atomic E-state index is 12.0. The first-order valence-corrected chi connectivity index (χ1v) is 9.84. The predicted octanol–water partition coefficient (Wildman–Crippen LogP) is 4.27. The topological polar surface area (TPSA) is 138 Å². The van der Waals surface area contributed by atoms with Crippen LogP contribution in [0.15, 0.2) is 36.7 Å². The van der Waals surface area contributed by atoms with Crippen molar-refractivity contribution in [2.24, 2.45) is 0 Å². The SMILES string of the molecule is CCCCNC(=O)Nc1ccc(Oc2ncnc3cc(OC)c(OC)cc23)cc1[N+](=O)[O-]. The molecule has 2 aromatic carbocycles. The molecule has 0 unspecified atom stereocenters. The van der Waals surface area contributed by atoms with E-state index in [1.165, 1.54) is 38.7 Å². The van der Waals surface area contributed by atoms with E-state index in [-0.39, 0.29) is 23.0 Å². The number of methoxy groups -OCH3 is 2. The van der Waals surface area contributed by atoms with Crippen molar-refractivity contribution >= 4 is 28.3 Å². The Morgan fingerprint density at radius 3 is 2.56 bits per heavy atom. The van der Waals surface area contributed by atoms with E-state index >= 15 is 0 Å². The maximum atomic E-state index is 12.0. The number of fused-ring (bicyclic) bond motifs is 1. The second-order valence-electron chi connectivity index (χ2n) is 6.68. The average Bonchev–Trinajstić information content (AvgIpc) is 2.79. The average molecular weight is 441 g/mol. The van der Waals surface area contributed by atoms with Gasteiger partial charge in [0.25, 0.3) is 5.69 Å². The first-order chi connectivity index (χ1) is 15.5. The summed E-state index contributed by atoms with van der Waals surface area (Å²) in [4.78, 5) is 31.3. The molecule has 0 aliphatic carbocycles. The van der Waals surface area contributed by atoms with Crippen LogP contribution in [0.25, 0.3) is 10.9 Å². The summed E-state index contributed by atoms with van der Waals surface area (Å²) in [5, 5.41) is 17.2. The fourth-order valence-corrected chi connectivity index (χ4v) is 2.93. The molecule has 1 heterocycles. The fourth-order valence-electron chi connectivity index (χ4n) is 2.93. The zero-order valence-corrected chi connectivity index (χ0v) is 17.9. The third kappa shape index (κ3) is 5.12. The summed E-state index contributed by atoms with van der Waals surface area (Å²) in [5.74, 6) is 1.30. The van der Waals surface area contributed by atoms with Gasteiger partial charge in [-0.3, -0.25) is 10.1 Å². The van der Waals surface area contributed by atoms with Crippen molar-refractivity contribution in [3.05, 3.63) is 46.8 Å². The number of rotatable bonds is 9. The van der Waals surface area contributed by atoms with E-state index < -0.39 is 11.0 Å². The number of amides is 2. The van der Waals surface area contributed by atoms with Crippen LogP contribution in [0.4, 0.5) is 16.2 Å². The van der Waals surface area contributed by atoms with E-state index in [9.17, 15) is 14.9 Å². The molecule has 32 heavy (non-hydrogen) atoms. The molecule has 11 nitrogen and oxygen atoms in total. The highest BCUT2D eigenvalue weighted by Gasteiger charge is 2.19. The maximum Gasteiger partial charge on any atom is 0.319 e. The van der Waals surface area contributed by atoms with Gasteiger partial charge in [-0.25, -0.2) is 14.8 Å². The lowest BCUT2D eigenvalue weighted by Gasteiger charge is -2.12. The lowest BCUT2D eigenvalue weighted by atomic mass is 10.2. The van der Waals surface area contributed by atoms with Crippen LogP contribution in [0, 0.1) is 10.1 Å². The van der Waals surface area contributed by atoms with Gasteiger partial charge in [0, 0.05) is 12.6 Å². The molecule has 0 bridgehead atoms. The first kappa shape index (κ1) is 22.5. The molecule has 168 valence electrons. The number of carbonyl (C=O) groups excluding carboxylic acids is 1. The van der Waals surface area contributed by atoms with E-state index in [4.69, 9.17) is 14.2 Å². The molecule has 1 aromatic heterocycles. The number of nitro benzene ring substituents is 1. The number of hydrogen-bond donors (Lipinski definition) is 2. The predicted molar refractivity (Wildman–Crippen MR) is 118 cm³/mol. The van der Waals surface area contributed by atoms with Gasteiger partial charge in [0.2, 0.25) is 5.88 Å². The van der Waals surface area contributed by atoms with Crippen molar-refractivity contribution in [1.82, 2.24) is 15.3 Å². The number of carbonyl (C=O) groups is 1. The Labute approximate surface area is 183 Å². The lowest BCUT2D eigenvalue weighted by Crippen LogP contribution is -2.29. The van der Waals surface area contributed by atoms with Gasteiger partial charge < -0.3 is 24.8 Å². The number of ether oxygens (including phenoxy) is 3. The number of unbranched alkanes of at least 4 members (excludes halogenated alkanes) is 1. The van der Waals surface area contributed by atoms with Crippen LogP contribution in [0.3, 0.4) is 0 Å². The summed E-state index contributed by atoms with van der Waals surface area (Å²) in [5.41, 5.74) is 0.283. The van der Waals surface area contributed by atoms with Gasteiger partial charge in [-0.15, -0.1) is 0 Å². The van der Waals surface area contributed by atoms with Crippen molar-refractivity contribution in [3.8, 4) is 23.1 Å². The molecule has 0 saturated heterocycles. The number of nitrogens with one attached hydrogen (secondary N) is 2. The molecular weight excluding hydrogens is 418 g/mol. The van der Waals surface area contributed by atoms with Crippen molar-refractivity contribution in [3.63, 3.8) is 0 Å². The molecular formula is C21H23N5O6. The molecule has 0 spiro atoms. The fraction of sp³-hybridized carbons (Fsp3) is 0.286. The zero-order valence-electron chi connectivity index (χ0n) is 17.9. The molecule has 0 radical (unpaired) electrons. The van der Waals surface area contributed by atoms with Crippen LogP contribution in [0.1, 0.15) is 19.8 Å². The van der Waals surface area contributed by atoms with Crippen molar-refractivity contribution in [2.75, 3.05) is 26.1 Å². The van der Waals surface area contributed by atoms with E-state index in [0.717, 1.165) is 12.8 Å².